The molecule has 0 radical (unpaired) electrons. The molecule has 0 bridgehead atoms. The number of aromatic nitrogens is 4. The highest BCUT2D eigenvalue weighted by Crippen LogP contribution is 2.22. The van der Waals surface area contributed by atoms with Crippen LogP contribution in [0.3, 0.4) is 0 Å². The zero-order valence-corrected chi connectivity index (χ0v) is 13.7. The fraction of sp³-hybridized carbons (Fsp3) is 0.278. The fourth-order valence-electron chi connectivity index (χ4n) is 3.07. The van der Waals surface area contributed by atoms with Crippen LogP contribution in [0.15, 0.2) is 42.7 Å². The number of nitrogens with zero attached hydrogens (tertiary/aromatic N) is 5. The van der Waals surface area contributed by atoms with Crippen molar-refractivity contribution in [2.24, 2.45) is 7.05 Å². The molecule has 2 aromatic heterocycles. The monoisotopic (exact) mass is 320 g/mol. The van der Waals surface area contributed by atoms with Gasteiger partial charge < -0.3 is 5.73 Å². The van der Waals surface area contributed by atoms with Gasteiger partial charge in [-0.3, -0.25) is 9.58 Å². The molecule has 0 spiro atoms. The molecule has 3 heterocycles. The average molecular weight is 320 g/mol. The first-order valence-corrected chi connectivity index (χ1v) is 8.09. The molecule has 24 heavy (non-hydrogen) atoms. The topological polar surface area (TPSA) is 72.9 Å². The van der Waals surface area contributed by atoms with E-state index in [1.807, 2.05) is 48.4 Å². The Hall–Kier alpha value is -2.73. The number of hydrogen-bond acceptors (Lipinski definition) is 5. The first kappa shape index (κ1) is 14.8. The summed E-state index contributed by atoms with van der Waals surface area (Å²) in [6.45, 7) is 2.77. The highest BCUT2D eigenvalue weighted by atomic mass is 15.3. The molecule has 4 rings (SSSR count). The van der Waals surface area contributed by atoms with Gasteiger partial charge in [-0.1, -0.05) is 0 Å². The number of anilines is 1. The van der Waals surface area contributed by atoms with E-state index >= 15 is 0 Å². The third-order valence-corrected chi connectivity index (χ3v) is 4.49. The van der Waals surface area contributed by atoms with E-state index in [0.717, 1.165) is 48.8 Å². The van der Waals surface area contributed by atoms with E-state index in [4.69, 9.17) is 10.7 Å². The molecule has 0 aliphatic carbocycles. The van der Waals surface area contributed by atoms with Crippen molar-refractivity contribution < 1.29 is 0 Å². The summed E-state index contributed by atoms with van der Waals surface area (Å²) in [6, 6.07) is 9.76. The molecule has 0 atom stereocenters. The Morgan fingerprint density at radius 1 is 1.17 bits per heavy atom. The molecule has 3 aromatic rings. The molecule has 1 aliphatic rings. The van der Waals surface area contributed by atoms with Gasteiger partial charge >= 0.3 is 0 Å². The first-order chi connectivity index (χ1) is 11.7. The minimum atomic E-state index is 0.752. The highest BCUT2D eigenvalue weighted by molar-refractivity contribution is 5.58. The maximum Gasteiger partial charge on any atom is 0.159 e. The van der Waals surface area contributed by atoms with Gasteiger partial charge in [-0.15, -0.1) is 0 Å². The smallest absolute Gasteiger partial charge is 0.159 e. The number of nitrogens with two attached hydrogens (primary N) is 1. The van der Waals surface area contributed by atoms with Gasteiger partial charge in [0.15, 0.2) is 5.82 Å². The van der Waals surface area contributed by atoms with E-state index in [9.17, 15) is 0 Å². The van der Waals surface area contributed by atoms with E-state index in [-0.39, 0.29) is 0 Å². The Morgan fingerprint density at radius 2 is 2.00 bits per heavy atom. The van der Waals surface area contributed by atoms with Gasteiger partial charge in [-0.25, -0.2) is 9.97 Å². The van der Waals surface area contributed by atoms with Crippen LogP contribution in [0.2, 0.25) is 0 Å². The Kier molecular flexibility index (Phi) is 3.74. The second-order valence-corrected chi connectivity index (χ2v) is 6.19. The molecule has 122 valence electrons. The van der Waals surface area contributed by atoms with Gasteiger partial charge in [-0.05, 0) is 30.3 Å². The van der Waals surface area contributed by atoms with E-state index < -0.39 is 0 Å². The molecular formula is C18H20N6. The van der Waals surface area contributed by atoms with E-state index in [1.165, 1.54) is 11.3 Å². The van der Waals surface area contributed by atoms with Crippen molar-refractivity contribution >= 4 is 5.69 Å². The Balaban J connectivity index is 1.53. The normalized spacial score (nSPS) is 14.5. The first-order valence-electron chi connectivity index (χ1n) is 8.09. The summed E-state index contributed by atoms with van der Waals surface area (Å²) in [6.07, 6.45) is 4.75. The average Bonchev–Trinajstić information content (AvgIpc) is 3.00. The number of fused-ring (bicyclic) bond motifs is 1. The van der Waals surface area contributed by atoms with E-state index in [1.54, 1.807) is 0 Å². The van der Waals surface area contributed by atoms with Crippen LogP contribution in [0.4, 0.5) is 5.69 Å². The van der Waals surface area contributed by atoms with Crippen molar-refractivity contribution in [2.45, 2.75) is 19.5 Å². The summed E-state index contributed by atoms with van der Waals surface area (Å²) in [5, 5.41) is 4.23. The molecule has 0 amide bonds. The molecule has 0 saturated carbocycles. The molecule has 6 nitrogen and oxygen atoms in total. The zero-order chi connectivity index (χ0) is 16.5. The maximum absolute atomic E-state index is 5.74. The van der Waals surface area contributed by atoms with Gasteiger partial charge in [0.2, 0.25) is 0 Å². The third kappa shape index (κ3) is 2.88. The maximum atomic E-state index is 5.74. The van der Waals surface area contributed by atoms with E-state index in [0.29, 0.717) is 0 Å². The van der Waals surface area contributed by atoms with Crippen LogP contribution < -0.4 is 5.73 Å². The van der Waals surface area contributed by atoms with E-state index in [2.05, 4.69) is 21.0 Å². The van der Waals surface area contributed by atoms with Crippen molar-refractivity contribution in [3.8, 4) is 11.4 Å². The molecule has 6 heteroatoms. The molecule has 0 saturated heterocycles. The van der Waals surface area contributed by atoms with Crippen LogP contribution in [-0.4, -0.2) is 31.2 Å². The Morgan fingerprint density at radius 3 is 2.75 bits per heavy atom. The lowest BCUT2D eigenvalue weighted by Gasteiger charge is -2.27. The van der Waals surface area contributed by atoms with Gasteiger partial charge in [0.1, 0.15) is 0 Å². The summed E-state index contributed by atoms with van der Waals surface area (Å²) in [5.74, 6) is 0.772. The van der Waals surface area contributed by atoms with Gasteiger partial charge in [0.25, 0.3) is 0 Å². The molecule has 1 aromatic carbocycles. The molecule has 0 fully saturated rings. The van der Waals surface area contributed by atoms with Crippen LogP contribution in [0.1, 0.15) is 17.0 Å². The van der Waals surface area contributed by atoms with Gasteiger partial charge in [0, 0.05) is 62.3 Å². The van der Waals surface area contributed by atoms with Crippen LogP contribution in [0.25, 0.3) is 11.4 Å². The van der Waals surface area contributed by atoms with Crippen LogP contribution in [0.5, 0.6) is 0 Å². The summed E-state index contributed by atoms with van der Waals surface area (Å²) in [7, 11) is 1.98. The van der Waals surface area contributed by atoms with Crippen molar-refractivity contribution in [2.75, 3.05) is 12.3 Å². The van der Waals surface area contributed by atoms with Gasteiger partial charge in [-0.2, -0.15) is 5.10 Å². The summed E-state index contributed by atoms with van der Waals surface area (Å²) >= 11 is 0. The predicted octanol–water partition coefficient (Wildman–Crippen LogP) is 2.02. The number of hydrogen-bond donors (Lipinski definition) is 1. The molecule has 2 N–H and O–H groups in total. The largest absolute Gasteiger partial charge is 0.399 e. The lowest BCUT2D eigenvalue weighted by molar-refractivity contribution is 0.236. The standard InChI is InChI=1S/C18H20N6/c1-23-16(6-8-21-23)12-24-9-7-17-14(11-24)10-20-18(22-17)13-2-4-15(19)5-3-13/h2-6,8,10H,7,9,11-12,19H2,1H3. The minimum absolute atomic E-state index is 0.752. The lowest BCUT2D eigenvalue weighted by Crippen LogP contribution is -2.31. The van der Waals surface area contributed by atoms with Crippen molar-refractivity contribution in [3.63, 3.8) is 0 Å². The lowest BCUT2D eigenvalue weighted by atomic mass is 10.1. The fourth-order valence-corrected chi connectivity index (χ4v) is 3.07. The molecule has 0 unspecified atom stereocenters. The summed E-state index contributed by atoms with van der Waals surface area (Å²) < 4.78 is 1.93. The van der Waals surface area contributed by atoms with Crippen LogP contribution in [-0.2, 0) is 26.6 Å². The second-order valence-electron chi connectivity index (χ2n) is 6.19. The van der Waals surface area contributed by atoms with Crippen molar-refractivity contribution in [1.82, 2.24) is 24.6 Å². The Labute approximate surface area is 141 Å². The Bertz CT molecular complexity index is 852. The SMILES string of the molecule is Cn1nccc1CN1CCc2nc(-c3ccc(N)cc3)ncc2C1. The highest BCUT2D eigenvalue weighted by Gasteiger charge is 2.19. The zero-order valence-electron chi connectivity index (χ0n) is 13.7. The van der Waals surface area contributed by atoms with Crippen LogP contribution in [0, 0.1) is 0 Å². The quantitative estimate of drug-likeness (QED) is 0.748. The van der Waals surface area contributed by atoms with Gasteiger partial charge in [0.05, 0.1) is 11.4 Å². The molecule has 1 aliphatic heterocycles. The third-order valence-electron chi connectivity index (χ3n) is 4.49. The predicted molar refractivity (Wildman–Crippen MR) is 92.9 cm³/mol. The summed E-state index contributed by atoms with van der Waals surface area (Å²) in [4.78, 5) is 11.7. The number of benzene rings is 1. The summed E-state index contributed by atoms with van der Waals surface area (Å²) in [5.41, 5.74) is 11.1. The number of aryl methyl sites for hydroxylation is 1. The second kappa shape index (κ2) is 6.05. The molecular weight excluding hydrogens is 300 g/mol. The number of nitrogen functional groups attached to an aromatic ring is 1. The van der Waals surface area contributed by atoms with Crippen LogP contribution >= 0.6 is 0 Å². The minimum Gasteiger partial charge on any atom is -0.399 e. The van der Waals surface area contributed by atoms with Crippen molar-refractivity contribution in [3.05, 3.63) is 59.7 Å². The van der Waals surface area contributed by atoms with Crippen molar-refractivity contribution in [1.29, 1.82) is 0 Å². The number of rotatable bonds is 3.